The summed E-state index contributed by atoms with van der Waals surface area (Å²) in [4.78, 5) is 0.199. The summed E-state index contributed by atoms with van der Waals surface area (Å²) in [6.07, 6.45) is 0. The number of aromatic nitrogens is 1. The first-order chi connectivity index (χ1) is 13.9. The maximum absolute atomic E-state index is 13.0. The van der Waals surface area contributed by atoms with Crippen molar-refractivity contribution in [3.05, 3.63) is 64.4 Å². The largest absolute Gasteiger partial charge is 0.360 e. The third-order valence-electron chi connectivity index (χ3n) is 4.85. The average Bonchev–Trinajstić information content (AvgIpc) is 3.04. The molecule has 0 bridgehead atoms. The minimum atomic E-state index is -3.89. The number of anilines is 2. The Labute approximate surface area is 176 Å². The van der Waals surface area contributed by atoms with Crippen LogP contribution in [0.2, 0.25) is 0 Å². The van der Waals surface area contributed by atoms with Gasteiger partial charge in [-0.3, -0.25) is 9.44 Å². The molecule has 0 radical (unpaired) electrons. The average molecular weight is 450 g/mol. The Morgan fingerprint density at radius 2 is 1.33 bits per heavy atom. The molecule has 3 rings (SSSR count). The highest BCUT2D eigenvalue weighted by molar-refractivity contribution is 7.93. The van der Waals surface area contributed by atoms with E-state index in [4.69, 9.17) is 4.52 Å². The van der Waals surface area contributed by atoms with Crippen LogP contribution in [-0.4, -0.2) is 22.0 Å². The van der Waals surface area contributed by atoms with E-state index in [0.29, 0.717) is 16.9 Å². The SMILES string of the molecule is Cc1cc(NS(=O)(=O)c2ccc(NS(=O)(=O)c3c(C)c(C)cc(C)c3C)cc2)no1. The monoisotopic (exact) mass is 449 g/mol. The molecule has 160 valence electrons. The van der Waals surface area contributed by atoms with Crippen LogP contribution in [0.1, 0.15) is 28.0 Å². The number of aryl methyl sites for hydroxylation is 3. The van der Waals surface area contributed by atoms with E-state index in [-0.39, 0.29) is 21.3 Å². The van der Waals surface area contributed by atoms with E-state index in [0.717, 1.165) is 11.1 Å². The number of sulfonamides is 2. The first-order valence-electron chi connectivity index (χ1n) is 9.07. The van der Waals surface area contributed by atoms with E-state index in [2.05, 4.69) is 14.6 Å². The Hall–Kier alpha value is -2.85. The van der Waals surface area contributed by atoms with E-state index in [1.54, 1.807) is 20.8 Å². The molecule has 3 aromatic rings. The van der Waals surface area contributed by atoms with Crippen molar-refractivity contribution < 1.29 is 21.4 Å². The van der Waals surface area contributed by atoms with Crippen molar-refractivity contribution >= 4 is 31.6 Å². The summed E-state index contributed by atoms with van der Waals surface area (Å²) in [5.41, 5.74) is 3.38. The normalized spacial score (nSPS) is 12.0. The second kappa shape index (κ2) is 7.77. The van der Waals surface area contributed by atoms with E-state index >= 15 is 0 Å². The Kier molecular flexibility index (Phi) is 5.66. The zero-order chi connectivity index (χ0) is 22.3. The number of nitrogens with one attached hydrogen (secondary N) is 2. The Morgan fingerprint density at radius 3 is 1.83 bits per heavy atom. The van der Waals surface area contributed by atoms with Gasteiger partial charge in [0.25, 0.3) is 20.0 Å². The summed E-state index contributed by atoms with van der Waals surface area (Å²) in [5.74, 6) is 0.535. The molecule has 0 atom stereocenters. The topological polar surface area (TPSA) is 118 Å². The molecule has 1 heterocycles. The van der Waals surface area contributed by atoms with Gasteiger partial charge in [-0.15, -0.1) is 0 Å². The molecule has 8 nitrogen and oxygen atoms in total. The van der Waals surface area contributed by atoms with Crippen molar-refractivity contribution in [2.45, 2.75) is 44.4 Å². The third-order valence-corrected chi connectivity index (χ3v) is 7.87. The molecule has 30 heavy (non-hydrogen) atoms. The van der Waals surface area contributed by atoms with Crippen LogP contribution in [0.15, 0.2) is 50.7 Å². The fourth-order valence-corrected chi connectivity index (χ4v) is 5.76. The molecule has 0 aliphatic rings. The zero-order valence-electron chi connectivity index (χ0n) is 17.3. The van der Waals surface area contributed by atoms with Gasteiger partial charge in [0.15, 0.2) is 5.82 Å². The number of nitrogens with zero attached hydrogens (tertiary/aromatic N) is 1. The van der Waals surface area contributed by atoms with Crippen molar-refractivity contribution in [2.24, 2.45) is 0 Å². The molecule has 0 fully saturated rings. The van der Waals surface area contributed by atoms with E-state index in [1.807, 2.05) is 19.9 Å². The second-order valence-corrected chi connectivity index (χ2v) is 10.4. The number of rotatable bonds is 6. The molecule has 0 unspecified atom stereocenters. The zero-order valence-corrected chi connectivity index (χ0v) is 18.9. The van der Waals surface area contributed by atoms with Gasteiger partial charge in [-0.2, -0.15) is 0 Å². The lowest BCUT2D eigenvalue weighted by atomic mass is 10.0. The first kappa shape index (κ1) is 21.8. The molecular weight excluding hydrogens is 426 g/mol. The van der Waals surface area contributed by atoms with Crippen LogP contribution in [0.4, 0.5) is 11.5 Å². The van der Waals surface area contributed by atoms with Crippen molar-refractivity contribution in [3.63, 3.8) is 0 Å². The van der Waals surface area contributed by atoms with Gasteiger partial charge in [-0.25, -0.2) is 16.8 Å². The van der Waals surface area contributed by atoms with Gasteiger partial charge in [0, 0.05) is 11.8 Å². The highest BCUT2D eigenvalue weighted by Crippen LogP contribution is 2.28. The van der Waals surface area contributed by atoms with Crippen LogP contribution in [0.3, 0.4) is 0 Å². The maximum atomic E-state index is 13.0. The van der Waals surface area contributed by atoms with E-state index in [9.17, 15) is 16.8 Å². The summed E-state index contributed by atoms with van der Waals surface area (Å²) in [6, 6.07) is 8.82. The van der Waals surface area contributed by atoms with Gasteiger partial charge < -0.3 is 4.52 Å². The fourth-order valence-electron chi connectivity index (χ4n) is 3.10. The molecule has 2 aromatic carbocycles. The molecular formula is C20H23N3O5S2. The predicted molar refractivity (Wildman–Crippen MR) is 115 cm³/mol. The summed E-state index contributed by atoms with van der Waals surface area (Å²) < 4.78 is 60.6. The number of benzene rings is 2. The fraction of sp³-hybridized carbons (Fsp3) is 0.250. The predicted octanol–water partition coefficient (Wildman–Crippen LogP) is 3.82. The lowest BCUT2D eigenvalue weighted by Gasteiger charge is -2.17. The second-order valence-electron chi connectivity index (χ2n) is 7.15. The quantitative estimate of drug-likeness (QED) is 0.591. The van der Waals surface area contributed by atoms with Crippen LogP contribution in [0.5, 0.6) is 0 Å². The molecule has 0 saturated carbocycles. The number of hydrogen-bond acceptors (Lipinski definition) is 6. The standard InChI is InChI=1S/C20H23N3O5S2/c1-12-10-13(2)16(5)20(15(12)4)30(26,27)22-17-6-8-18(9-7-17)29(24,25)23-19-11-14(3)28-21-19/h6-11,22H,1-5H3,(H,21,23). The van der Waals surface area contributed by atoms with Crippen LogP contribution >= 0.6 is 0 Å². The van der Waals surface area contributed by atoms with Crippen LogP contribution < -0.4 is 9.44 Å². The van der Waals surface area contributed by atoms with Gasteiger partial charge in [0.05, 0.1) is 9.79 Å². The molecule has 0 aliphatic carbocycles. The van der Waals surface area contributed by atoms with Crippen molar-refractivity contribution in [2.75, 3.05) is 9.44 Å². The lowest BCUT2D eigenvalue weighted by Crippen LogP contribution is -2.17. The smallest absolute Gasteiger partial charge is 0.263 e. The van der Waals surface area contributed by atoms with Gasteiger partial charge in [0.2, 0.25) is 0 Å². The van der Waals surface area contributed by atoms with Crippen LogP contribution in [0.25, 0.3) is 0 Å². The summed E-state index contributed by atoms with van der Waals surface area (Å²) >= 11 is 0. The third kappa shape index (κ3) is 4.34. The highest BCUT2D eigenvalue weighted by atomic mass is 32.2. The maximum Gasteiger partial charge on any atom is 0.263 e. The highest BCUT2D eigenvalue weighted by Gasteiger charge is 2.23. The van der Waals surface area contributed by atoms with Crippen molar-refractivity contribution in [1.29, 1.82) is 0 Å². The lowest BCUT2D eigenvalue weighted by molar-refractivity contribution is 0.400. The first-order valence-corrected chi connectivity index (χ1v) is 12.0. The minimum absolute atomic E-state index is 0.0372. The Morgan fingerprint density at radius 1 is 0.767 bits per heavy atom. The van der Waals surface area contributed by atoms with Crippen molar-refractivity contribution in [1.82, 2.24) is 5.16 Å². The van der Waals surface area contributed by atoms with Gasteiger partial charge in [-0.05, 0) is 81.1 Å². The Bertz CT molecular complexity index is 1280. The molecule has 1 aromatic heterocycles. The molecule has 2 N–H and O–H groups in total. The summed E-state index contributed by atoms with van der Waals surface area (Å²) in [7, 11) is -7.74. The van der Waals surface area contributed by atoms with Gasteiger partial charge >= 0.3 is 0 Å². The molecule has 0 aliphatic heterocycles. The van der Waals surface area contributed by atoms with E-state index < -0.39 is 20.0 Å². The molecule has 10 heteroatoms. The van der Waals surface area contributed by atoms with Gasteiger partial charge in [-0.1, -0.05) is 11.2 Å². The molecule has 0 spiro atoms. The van der Waals surface area contributed by atoms with Gasteiger partial charge in [0.1, 0.15) is 5.76 Å². The Balaban J connectivity index is 1.87. The molecule has 0 amide bonds. The number of hydrogen-bond donors (Lipinski definition) is 2. The van der Waals surface area contributed by atoms with Crippen LogP contribution in [-0.2, 0) is 20.0 Å². The van der Waals surface area contributed by atoms with E-state index in [1.165, 1.54) is 30.3 Å². The summed E-state index contributed by atoms with van der Waals surface area (Å²) in [5, 5.41) is 3.60. The summed E-state index contributed by atoms with van der Waals surface area (Å²) in [6.45, 7) is 8.91. The van der Waals surface area contributed by atoms with Crippen molar-refractivity contribution in [3.8, 4) is 0 Å². The molecule has 0 saturated heterocycles. The van der Waals surface area contributed by atoms with Crippen LogP contribution in [0, 0.1) is 34.6 Å². The minimum Gasteiger partial charge on any atom is -0.360 e.